The quantitative estimate of drug-likeness (QED) is 0.531. The first-order valence-electron chi connectivity index (χ1n) is 7.85. The smallest absolute Gasteiger partial charge is 0.336 e. The van der Waals surface area contributed by atoms with Gasteiger partial charge >= 0.3 is 11.9 Å². The molecule has 3 heterocycles. The molecule has 2 aliphatic rings. The van der Waals surface area contributed by atoms with Crippen molar-refractivity contribution in [1.29, 1.82) is 0 Å². The van der Waals surface area contributed by atoms with Crippen LogP contribution < -0.4 is 11.3 Å². The number of nitrogens with zero attached hydrogens (tertiary/aromatic N) is 3. The fourth-order valence-electron chi connectivity index (χ4n) is 3.66. The van der Waals surface area contributed by atoms with Crippen molar-refractivity contribution < 1.29 is 24.5 Å². The standard InChI is InChI=1S/C15H15N5O6/c16-14-18-11-10(12(23)19-14)17-5-20(11)7-1-6-3-15(13(24)25,4-9(21)22)26-8(6)2-7/h1,5,7-8H,2-4H2,(H,21,22)(H,24,25)(H3,16,18,19,23). The lowest BCUT2D eigenvalue weighted by atomic mass is 9.94. The van der Waals surface area contributed by atoms with E-state index in [4.69, 9.17) is 15.6 Å². The Bertz CT molecular complexity index is 1020. The average Bonchev–Trinajstić information content (AvgIpc) is 3.17. The van der Waals surface area contributed by atoms with Gasteiger partial charge in [-0.2, -0.15) is 4.98 Å². The predicted octanol–water partition coefficient (Wildman–Crippen LogP) is -0.340. The number of allylic oxidation sites excluding steroid dienone is 1. The lowest BCUT2D eigenvalue weighted by Crippen LogP contribution is -2.41. The van der Waals surface area contributed by atoms with Crippen molar-refractivity contribution in [3.05, 3.63) is 28.3 Å². The molecule has 5 N–H and O–H groups in total. The lowest BCUT2D eigenvalue weighted by molar-refractivity contribution is -0.171. The van der Waals surface area contributed by atoms with Crippen LogP contribution in [0, 0.1) is 0 Å². The summed E-state index contributed by atoms with van der Waals surface area (Å²) >= 11 is 0. The minimum atomic E-state index is -1.75. The highest BCUT2D eigenvalue weighted by Gasteiger charge is 2.53. The van der Waals surface area contributed by atoms with Gasteiger partial charge in [0.25, 0.3) is 5.56 Å². The molecule has 3 unspecified atom stereocenters. The summed E-state index contributed by atoms with van der Waals surface area (Å²) in [6.45, 7) is 0. The van der Waals surface area contributed by atoms with Gasteiger partial charge in [-0.3, -0.25) is 14.6 Å². The first kappa shape index (κ1) is 16.3. The Balaban J connectivity index is 1.68. The monoisotopic (exact) mass is 361 g/mol. The van der Waals surface area contributed by atoms with Crippen LogP contribution in [0.1, 0.15) is 25.3 Å². The highest BCUT2D eigenvalue weighted by atomic mass is 16.5. The summed E-state index contributed by atoms with van der Waals surface area (Å²) in [6.07, 6.45) is 2.56. The van der Waals surface area contributed by atoms with E-state index < -0.39 is 35.6 Å². The Hall–Kier alpha value is -3.21. The molecule has 1 aliphatic heterocycles. The Labute approximate surface area is 145 Å². The topological polar surface area (TPSA) is 173 Å². The molecule has 1 saturated heterocycles. The number of carbonyl (C=O) groups is 2. The number of imidazole rings is 1. The lowest BCUT2D eigenvalue weighted by Gasteiger charge is -2.23. The van der Waals surface area contributed by atoms with Crippen molar-refractivity contribution in [3.8, 4) is 0 Å². The zero-order valence-corrected chi connectivity index (χ0v) is 13.4. The SMILES string of the molecule is Nc1nc2c(ncn2C2C=C3CC(CC(=O)O)(C(=O)O)OC3C2)c(=O)[nH]1. The minimum Gasteiger partial charge on any atom is -0.481 e. The highest BCUT2D eigenvalue weighted by Crippen LogP contribution is 2.46. The fourth-order valence-corrected chi connectivity index (χ4v) is 3.66. The molecule has 0 saturated carbocycles. The molecule has 4 rings (SSSR count). The van der Waals surface area contributed by atoms with Crippen LogP contribution in [0.2, 0.25) is 0 Å². The molecule has 0 bridgehead atoms. The van der Waals surface area contributed by atoms with Gasteiger partial charge in [-0.15, -0.1) is 0 Å². The van der Waals surface area contributed by atoms with Crippen molar-refractivity contribution >= 4 is 29.1 Å². The maximum Gasteiger partial charge on any atom is 0.336 e. The van der Waals surface area contributed by atoms with Gasteiger partial charge in [0.1, 0.15) is 0 Å². The molecule has 2 aromatic heterocycles. The number of ether oxygens (including phenoxy) is 1. The van der Waals surface area contributed by atoms with E-state index in [9.17, 15) is 19.5 Å². The number of aromatic amines is 1. The molecular formula is C15H15N5O6. The summed E-state index contributed by atoms with van der Waals surface area (Å²) in [5.74, 6) is -2.55. The Kier molecular flexibility index (Phi) is 3.37. The number of anilines is 1. The van der Waals surface area contributed by atoms with Crippen molar-refractivity contribution in [1.82, 2.24) is 19.5 Å². The van der Waals surface area contributed by atoms with Crippen LogP contribution in [0.4, 0.5) is 5.95 Å². The molecule has 0 spiro atoms. The molecule has 1 fully saturated rings. The third-order valence-electron chi connectivity index (χ3n) is 4.77. The van der Waals surface area contributed by atoms with Crippen LogP contribution in [0.5, 0.6) is 0 Å². The van der Waals surface area contributed by atoms with E-state index in [0.29, 0.717) is 12.1 Å². The molecule has 3 atom stereocenters. The Morgan fingerprint density at radius 1 is 1.46 bits per heavy atom. The second kappa shape index (κ2) is 5.39. The fraction of sp³-hybridized carbons (Fsp3) is 0.400. The number of aliphatic carboxylic acids is 2. The van der Waals surface area contributed by atoms with Gasteiger partial charge in [0.05, 0.1) is 24.9 Å². The van der Waals surface area contributed by atoms with E-state index in [1.807, 2.05) is 6.08 Å². The van der Waals surface area contributed by atoms with E-state index in [2.05, 4.69) is 15.0 Å². The summed E-state index contributed by atoms with van der Waals surface area (Å²) in [4.78, 5) is 45.0. The molecule has 1 aliphatic carbocycles. The highest BCUT2D eigenvalue weighted by molar-refractivity contribution is 5.85. The van der Waals surface area contributed by atoms with Crippen LogP contribution in [-0.4, -0.2) is 53.4 Å². The second-order valence-electron chi connectivity index (χ2n) is 6.47. The number of carboxylic acid groups (broad SMARTS) is 2. The van der Waals surface area contributed by atoms with Gasteiger partial charge < -0.3 is 25.3 Å². The number of hydrogen-bond acceptors (Lipinski definition) is 7. The molecular weight excluding hydrogens is 346 g/mol. The summed E-state index contributed by atoms with van der Waals surface area (Å²) in [5.41, 5.74) is 4.60. The number of aromatic nitrogens is 4. The van der Waals surface area contributed by atoms with Crippen molar-refractivity contribution in [2.45, 2.75) is 37.0 Å². The Morgan fingerprint density at radius 2 is 2.23 bits per heavy atom. The average molecular weight is 361 g/mol. The normalized spacial score (nSPS) is 27.5. The van der Waals surface area contributed by atoms with Crippen LogP contribution >= 0.6 is 0 Å². The third kappa shape index (κ3) is 2.36. The Morgan fingerprint density at radius 3 is 2.88 bits per heavy atom. The number of nitrogens with two attached hydrogens (primary N) is 1. The van der Waals surface area contributed by atoms with Gasteiger partial charge in [0.15, 0.2) is 16.8 Å². The van der Waals surface area contributed by atoms with Crippen LogP contribution in [0.3, 0.4) is 0 Å². The van der Waals surface area contributed by atoms with E-state index in [1.54, 1.807) is 4.57 Å². The summed E-state index contributed by atoms with van der Waals surface area (Å²) < 4.78 is 7.31. The maximum atomic E-state index is 11.9. The van der Waals surface area contributed by atoms with Gasteiger partial charge in [-0.25, -0.2) is 9.78 Å². The summed E-state index contributed by atoms with van der Waals surface area (Å²) in [6, 6.07) is -0.245. The van der Waals surface area contributed by atoms with E-state index in [1.165, 1.54) is 6.33 Å². The number of nitrogen functional groups attached to an aromatic ring is 1. The van der Waals surface area contributed by atoms with Gasteiger partial charge in [-0.1, -0.05) is 6.08 Å². The van der Waals surface area contributed by atoms with E-state index in [0.717, 1.165) is 5.57 Å². The molecule has 2 aromatic rings. The molecule has 0 aromatic carbocycles. The number of hydrogen-bond donors (Lipinski definition) is 4. The van der Waals surface area contributed by atoms with Crippen molar-refractivity contribution in [3.63, 3.8) is 0 Å². The van der Waals surface area contributed by atoms with Gasteiger partial charge in [0, 0.05) is 12.8 Å². The first-order chi connectivity index (χ1) is 12.3. The third-order valence-corrected chi connectivity index (χ3v) is 4.77. The van der Waals surface area contributed by atoms with Crippen LogP contribution in [0.15, 0.2) is 22.8 Å². The molecule has 136 valence electrons. The number of carboxylic acids is 2. The molecule has 11 heteroatoms. The second-order valence-corrected chi connectivity index (χ2v) is 6.47. The van der Waals surface area contributed by atoms with Gasteiger partial charge in [0.2, 0.25) is 5.95 Å². The predicted molar refractivity (Wildman–Crippen MR) is 86.4 cm³/mol. The van der Waals surface area contributed by atoms with Gasteiger partial charge in [-0.05, 0) is 5.57 Å². The first-order valence-corrected chi connectivity index (χ1v) is 7.85. The largest absolute Gasteiger partial charge is 0.481 e. The van der Waals surface area contributed by atoms with E-state index in [-0.39, 0.29) is 23.9 Å². The van der Waals surface area contributed by atoms with Crippen LogP contribution in [0.25, 0.3) is 11.2 Å². The van der Waals surface area contributed by atoms with Crippen molar-refractivity contribution in [2.24, 2.45) is 0 Å². The number of fused-ring (bicyclic) bond motifs is 2. The summed E-state index contributed by atoms with van der Waals surface area (Å²) in [7, 11) is 0. The molecule has 11 nitrogen and oxygen atoms in total. The zero-order chi connectivity index (χ0) is 18.6. The molecule has 0 amide bonds. The maximum absolute atomic E-state index is 11.9. The number of H-pyrrole nitrogens is 1. The van der Waals surface area contributed by atoms with E-state index >= 15 is 0 Å². The summed E-state index contributed by atoms with van der Waals surface area (Å²) in [5, 5.41) is 18.4. The molecule has 26 heavy (non-hydrogen) atoms. The minimum absolute atomic E-state index is 0.00141. The van der Waals surface area contributed by atoms with Crippen molar-refractivity contribution in [2.75, 3.05) is 5.73 Å². The zero-order valence-electron chi connectivity index (χ0n) is 13.4. The number of nitrogens with one attached hydrogen (secondary N) is 1. The molecule has 0 radical (unpaired) electrons. The van der Waals surface area contributed by atoms with Crippen LogP contribution in [-0.2, 0) is 14.3 Å². The number of rotatable bonds is 4.